The van der Waals surface area contributed by atoms with Gasteiger partial charge in [-0.2, -0.15) is 5.10 Å². The first kappa shape index (κ1) is 18.5. The molecule has 7 heteroatoms. The molecule has 0 saturated heterocycles. The number of nitrogens with zero attached hydrogens (tertiary/aromatic N) is 4. The van der Waals surface area contributed by atoms with E-state index >= 15 is 0 Å². The molecule has 3 aromatic rings. The molecule has 6 nitrogen and oxygen atoms in total. The number of H-pyrrole nitrogens is 1. The van der Waals surface area contributed by atoms with Crippen LogP contribution in [0.15, 0.2) is 41.8 Å². The van der Waals surface area contributed by atoms with E-state index in [0.29, 0.717) is 0 Å². The Labute approximate surface area is 158 Å². The van der Waals surface area contributed by atoms with Crippen molar-refractivity contribution >= 4 is 11.8 Å². The second-order valence-corrected chi connectivity index (χ2v) is 7.16. The van der Waals surface area contributed by atoms with Crippen LogP contribution in [0, 0.1) is 0 Å². The molecule has 0 unspecified atom stereocenters. The Balaban J connectivity index is 1.69. The molecule has 26 heavy (non-hydrogen) atoms. The number of benzene rings is 1. The van der Waals surface area contributed by atoms with Gasteiger partial charge in [-0.3, -0.25) is 5.10 Å². The number of thioether (sulfide) groups is 1. The molecule has 138 valence electrons. The third-order valence-corrected chi connectivity index (χ3v) is 5.25. The number of unbranched alkanes of at least 4 members (excludes halogenated alkanes) is 1. The van der Waals surface area contributed by atoms with E-state index in [9.17, 15) is 0 Å². The first-order chi connectivity index (χ1) is 12.8. The highest BCUT2D eigenvalue weighted by Crippen LogP contribution is 2.26. The van der Waals surface area contributed by atoms with Crippen molar-refractivity contribution in [3.63, 3.8) is 0 Å². The summed E-state index contributed by atoms with van der Waals surface area (Å²) in [5.74, 6) is 2.79. The van der Waals surface area contributed by atoms with E-state index in [-0.39, 0.29) is 0 Å². The van der Waals surface area contributed by atoms with Gasteiger partial charge < -0.3 is 9.30 Å². The topological polar surface area (TPSA) is 68.6 Å². The van der Waals surface area contributed by atoms with Gasteiger partial charge in [0.2, 0.25) is 0 Å². The maximum Gasteiger partial charge on any atom is 0.191 e. The van der Waals surface area contributed by atoms with Crippen molar-refractivity contribution in [3.05, 3.63) is 42.2 Å². The van der Waals surface area contributed by atoms with E-state index in [2.05, 4.69) is 31.9 Å². The number of methoxy groups -OCH3 is 1. The van der Waals surface area contributed by atoms with Crippen LogP contribution < -0.4 is 4.74 Å². The highest BCUT2D eigenvalue weighted by Gasteiger charge is 2.14. The molecule has 0 aliphatic carbocycles. The van der Waals surface area contributed by atoms with E-state index in [1.807, 2.05) is 36.7 Å². The average molecular weight is 372 g/mol. The molecule has 0 saturated carbocycles. The third-order valence-electron chi connectivity index (χ3n) is 4.20. The first-order valence-corrected chi connectivity index (χ1v) is 9.98. The van der Waals surface area contributed by atoms with Gasteiger partial charge in [-0.1, -0.05) is 25.1 Å². The minimum Gasteiger partial charge on any atom is -0.497 e. The number of ether oxygens (including phenoxy) is 1. The number of hydrogen-bond donors (Lipinski definition) is 1. The number of aromatic amines is 1. The molecule has 1 aromatic carbocycles. The molecule has 2 aromatic heterocycles. The lowest BCUT2D eigenvalue weighted by atomic mass is 10.2. The second kappa shape index (κ2) is 9.43. The standard InChI is InChI=1S/C19H25N5OS/c1-3-4-11-24-18(16-7-9-17(25-2)10-8-16)22-23-19(24)26-12-5-6-15-13-20-21-14-15/h7-10,13-14H,3-6,11-12H2,1-2H3,(H,20,21). The number of aryl methyl sites for hydroxylation is 1. The number of aromatic nitrogens is 5. The van der Waals surface area contributed by atoms with Crippen molar-refractivity contribution in [2.24, 2.45) is 0 Å². The average Bonchev–Trinajstić information content (AvgIpc) is 3.33. The van der Waals surface area contributed by atoms with Gasteiger partial charge in [0.25, 0.3) is 0 Å². The van der Waals surface area contributed by atoms with Gasteiger partial charge in [0.1, 0.15) is 5.75 Å². The predicted molar refractivity (Wildman–Crippen MR) is 105 cm³/mol. The van der Waals surface area contributed by atoms with Crippen LogP contribution in [-0.4, -0.2) is 37.8 Å². The zero-order valence-corrected chi connectivity index (χ0v) is 16.1. The molecule has 2 heterocycles. The molecule has 3 rings (SSSR count). The Morgan fingerprint density at radius 2 is 2.00 bits per heavy atom. The van der Waals surface area contributed by atoms with E-state index in [4.69, 9.17) is 4.74 Å². The highest BCUT2D eigenvalue weighted by atomic mass is 32.2. The summed E-state index contributed by atoms with van der Waals surface area (Å²) in [7, 11) is 1.68. The fourth-order valence-corrected chi connectivity index (χ4v) is 3.62. The van der Waals surface area contributed by atoms with Crippen molar-refractivity contribution in [2.75, 3.05) is 12.9 Å². The molecule has 0 fully saturated rings. The van der Waals surface area contributed by atoms with Gasteiger partial charge in [0.05, 0.1) is 13.3 Å². The van der Waals surface area contributed by atoms with Gasteiger partial charge >= 0.3 is 0 Å². The summed E-state index contributed by atoms with van der Waals surface area (Å²) in [6.07, 6.45) is 8.21. The molecule has 0 aliphatic rings. The summed E-state index contributed by atoms with van der Waals surface area (Å²) >= 11 is 1.78. The van der Waals surface area contributed by atoms with Crippen LogP contribution in [0.4, 0.5) is 0 Å². The Morgan fingerprint density at radius 1 is 1.15 bits per heavy atom. The lowest BCUT2D eigenvalue weighted by Gasteiger charge is -2.10. The Bertz CT molecular complexity index is 783. The lowest BCUT2D eigenvalue weighted by molar-refractivity contribution is 0.415. The van der Waals surface area contributed by atoms with Crippen LogP contribution in [0.3, 0.4) is 0 Å². The summed E-state index contributed by atoms with van der Waals surface area (Å²) in [4.78, 5) is 0. The Morgan fingerprint density at radius 3 is 2.69 bits per heavy atom. The molecule has 0 spiro atoms. The maximum absolute atomic E-state index is 5.25. The molecule has 0 bridgehead atoms. The SMILES string of the molecule is CCCCn1c(SCCCc2cn[nH]c2)nnc1-c1ccc(OC)cc1. The van der Waals surface area contributed by atoms with Gasteiger partial charge in [-0.15, -0.1) is 10.2 Å². The van der Waals surface area contributed by atoms with E-state index < -0.39 is 0 Å². The maximum atomic E-state index is 5.25. The summed E-state index contributed by atoms with van der Waals surface area (Å²) in [5.41, 5.74) is 2.32. The van der Waals surface area contributed by atoms with Gasteiger partial charge in [-0.25, -0.2) is 0 Å². The number of hydrogen-bond acceptors (Lipinski definition) is 5. The van der Waals surface area contributed by atoms with E-state index in [1.165, 1.54) is 5.56 Å². The zero-order valence-electron chi connectivity index (χ0n) is 15.3. The molecule has 1 N–H and O–H groups in total. The summed E-state index contributed by atoms with van der Waals surface area (Å²) in [6, 6.07) is 8.01. The molecule has 0 radical (unpaired) electrons. The van der Waals surface area contributed by atoms with Crippen molar-refractivity contribution in [2.45, 2.75) is 44.3 Å². The summed E-state index contributed by atoms with van der Waals surface area (Å²) < 4.78 is 7.49. The van der Waals surface area contributed by atoms with Gasteiger partial charge in [0.15, 0.2) is 11.0 Å². The monoisotopic (exact) mass is 371 g/mol. The number of rotatable bonds is 10. The second-order valence-electron chi connectivity index (χ2n) is 6.10. The van der Waals surface area contributed by atoms with Crippen molar-refractivity contribution in [1.82, 2.24) is 25.0 Å². The normalized spacial score (nSPS) is 11.0. The fourth-order valence-electron chi connectivity index (χ4n) is 2.72. The van der Waals surface area contributed by atoms with Crippen molar-refractivity contribution in [3.8, 4) is 17.1 Å². The van der Waals surface area contributed by atoms with Crippen LogP contribution >= 0.6 is 11.8 Å². The van der Waals surface area contributed by atoms with Crippen molar-refractivity contribution in [1.29, 1.82) is 0 Å². The summed E-state index contributed by atoms with van der Waals surface area (Å²) in [5, 5.41) is 16.8. The smallest absolute Gasteiger partial charge is 0.191 e. The van der Waals surface area contributed by atoms with Gasteiger partial charge in [-0.05, 0) is 49.1 Å². The van der Waals surface area contributed by atoms with E-state index in [0.717, 1.165) is 60.3 Å². The quantitative estimate of drug-likeness (QED) is 0.427. The van der Waals surface area contributed by atoms with Crippen molar-refractivity contribution < 1.29 is 4.74 Å². The van der Waals surface area contributed by atoms with Crippen LogP contribution in [0.2, 0.25) is 0 Å². The summed E-state index contributed by atoms with van der Waals surface area (Å²) in [6.45, 7) is 3.14. The fraction of sp³-hybridized carbons (Fsp3) is 0.421. The van der Waals surface area contributed by atoms with Crippen LogP contribution in [0.1, 0.15) is 31.7 Å². The Hall–Kier alpha value is -2.28. The van der Waals surface area contributed by atoms with Crippen LogP contribution in [-0.2, 0) is 13.0 Å². The molecular weight excluding hydrogens is 346 g/mol. The zero-order chi connectivity index (χ0) is 18.2. The molecule has 0 atom stereocenters. The minimum absolute atomic E-state index is 0.849. The van der Waals surface area contributed by atoms with Crippen LogP contribution in [0.5, 0.6) is 5.75 Å². The van der Waals surface area contributed by atoms with Gasteiger partial charge in [0, 0.05) is 24.1 Å². The largest absolute Gasteiger partial charge is 0.497 e. The number of nitrogens with one attached hydrogen (secondary N) is 1. The third kappa shape index (κ3) is 4.66. The molecule has 0 aliphatic heterocycles. The van der Waals surface area contributed by atoms with E-state index in [1.54, 1.807) is 18.9 Å². The molecule has 0 amide bonds. The van der Waals surface area contributed by atoms with Crippen LogP contribution in [0.25, 0.3) is 11.4 Å². The minimum atomic E-state index is 0.849. The molecular formula is C19H25N5OS. The predicted octanol–water partition coefficient (Wildman–Crippen LogP) is 4.20. The lowest BCUT2D eigenvalue weighted by Crippen LogP contribution is -2.03. The highest BCUT2D eigenvalue weighted by molar-refractivity contribution is 7.99. The Kier molecular flexibility index (Phi) is 6.71. The first-order valence-electron chi connectivity index (χ1n) is 9.00.